The summed E-state index contributed by atoms with van der Waals surface area (Å²) in [6, 6.07) is 19.9. The van der Waals surface area contributed by atoms with Crippen molar-refractivity contribution in [1.82, 2.24) is 5.06 Å². The van der Waals surface area contributed by atoms with Crippen LogP contribution >= 0.6 is 11.3 Å². The Hall–Kier alpha value is -3.84. The molecule has 42 heavy (non-hydrogen) atoms. The molecule has 0 spiro atoms. The van der Waals surface area contributed by atoms with E-state index in [-0.39, 0.29) is 23.8 Å². The van der Waals surface area contributed by atoms with Gasteiger partial charge in [-0.3, -0.25) is 4.79 Å². The normalized spacial score (nSPS) is 15.5. The van der Waals surface area contributed by atoms with Crippen LogP contribution < -0.4 is 9.57 Å². The maximum absolute atomic E-state index is 11.7. The van der Waals surface area contributed by atoms with Crippen LogP contribution in [0.2, 0.25) is 0 Å². The van der Waals surface area contributed by atoms with Gasteiger partial charge in [0.1, 0.15) is 18.1 Å². The Balaban J connectivity index is 1.31. The minimum Gasteiger partial charge on any atom is -0.489 e. The molecule has 0 saturated carbocycles. The van der Waals surface area contributed by atoms with Gasteiger partial charge in [0.15, 0.2) is 9.84 Å². The standard InChI is InChI=1S/C33H33NO6S2/c1-4-5-26(20-32(35)36)25-7-9-27(10-8-25)39-21-24-6-13-31-30(19-24)33(23(3)41-31)29-12-11-28(18-22(29)2)40-34-14-16-42(37,38)17-15-34/h6-13,18-19,26H,14-17,20-21H2,1-3H3,(H,35,36)/t26-/m0/s1. The highest BCUT2D eigenvalue weighted by molar-refractivity contribution is 7.91. The molecule has 1 N–H and O–H groups in total. The van der Waals surface area contributed by atoms with Gasteiger partial charge in [-0.15, -0.1) is 22.3 Å². The predicted molar refractivity (Wildman–Crippen MR) is 167 cm³/mol. The number of hydroxylamine groups is 2. The largest absolute Gasteiger partial charge is 0.489 e. The molecule has 0 bridgehead atoms. The van der Waals surface area contributed by atoms with Crippen LogP contribution in [-0.2, 0) is 21.2 Å². The van der Waals surface area contributed by atoms with E-state index < -0.39 is 15.8 Å². The molecule has 1 aliphatic rings. The maximum atomic E-state index is 11.7. The van der Waals surface area contributed by atoms with E-state index in [4.69, 9.17) is 9.57 Å². The number of rotatable bonds is 9. The lowest BCUT2D eigenvalue weighted by molar-refractivity contribution is -0.137. The quantitative estimate of drug-likeness (QED) is 0.222. The SMILES string of the molecule is CC#C[C@@H](CC(=O)O)c1ccc(OCc2ccc3sc(C)c(-c4ccc(ON5CCS(=O)(=O)CC5)cc4C)c3c2)cc1. The molecule has 0 aliphatic carbocycles. The van der Waals surface area contributed by atoms with Crippen LogP contribution in [0.1, 0.15) is 40.8 Å². The molecule has 218 valence electrons. The molecular weight excluding hydrogens is 570 g/mol. The van der Waals surface area contributed by atoms with E-state index in [1.165, 1.54) is 20.5 Å². The number of benzene rings is 3. The number of sulfone groups is 1. The van der Waals surface area contributed by atoms with Gasteiger partial charge < -0.3 is 14.7 Å². The lowest BCUT2D eigenvalue weighted by Gasteiger charge is -2.26. The van der Waals surface area contributed by atoms with Gasteiger partial charge in [-0.25, -0.2) is 8.42 Å². The predicted octanol–water partition coefficient (Wildman–Crippen LogP) is 6.37. The second kappa shape index (κ2) is 12.6. The zero-order chi connectivity index (χ0) is 29.9. The summed E-state index contributed by atoms with van der Waals surface area (Å²) in [5, 5.41) is 12.1. The highest BCUT2D eigenvalue weighted by Crippen LogP contribution is 2.41. The van der Waals surface area contributed by atoms with Crippen LogP contribution in [-0.4, -0.2) is 49.2 Å². The number of aliphatic carboxylic acids is 1. The van der Waals surface area contributed by atoms with Crippen molar-refractivity contribution in [3.8, 4) is 34.5 Å². The number of aryl methyl sites for hydroxylation is 2. The molecule has 5 rings (SSSR count). The van der Waals surface area contributed by atoms with Gasteiger partial charge in [-0.2, -0.15) is 0 Å². The zero-order valence-electron chi connectivity index (χ0n) is 23.8. The van der Waals surface area contributed by atoms with Crippen LogP contribution in [0.4, 0.5) is 0 Å². The summed E-state index contributed by atoms with van der Waals surface area (Å²) in [5.41, 5.74) is 5.30. The summed E-state index contributed by atoms with van der Waals surface area (Å²) in [6.45, 7) is 7.04. The summed E-state index contributed by atoms with van der Waals surface area (Å²) in [4.78, 5) is 18.4. The number of carbonyl (C=O) groups is 1. The number of carboxylic acid groups (broad SMARTS) is 1. The van der Waals surface area contributed by atoms with Crippen LogP contribution in [0.3, 0.4) is 0 Å². The van der Waals surface area contributed by atoms with E-state index in [1.54, 1.807) is 23.3 Å². The fraction of sp³-hybridized carbons (Fsp3) is 0.303. The van der Waals surface area contributed by atoms with E-state index in [1.807, 2.05) is 36.4 Å². The van der Waals surface area contributed by atoms with Crippen molar-refractivity contribution in [2.24, 2.45) is 0 Å². The third kappa shape index (κ3) is 6.96. The van der Waals surface area contributed by atoms with Gasteiger partial charge in [-0.05, 0) is 79.4 Å². The zero-order valence-corrected chi connectivity index (χ0v) is 25.5. The first-order valence-electron chi connectivity index (χ1n) is 13.7. The van der Waals surface area contributed by atoms with Gasteiger partial charge in [0, 0.05) is 33.6 Å². The highest BCUT2D eigenvalue weighted by atomic mass is 32.2. The van der Waals surface area contributed by atoms with Crippen LogP contribution in [0.15, 0.2) is 60.7 Å². The lowest BCUT2D eigenvalue weighted by atomic mass is 9.96. The third-order valence-corrected chi connectivity index (χ3v) is 10.0. The van der Waals surface area contributed by atoms with Crippen molar-refractivity contribution < 1.29 is 27.9 Å². The summed E-state index contributed by atoms with van der Waals surface area (Å²) in [7, 11) is -2.96. The minimum atomic E-state index is -2.96. The van der Waals surface area contributed by atoms with Crippen molar-refractivity contribution in [3.05, 3.63) is 82.2 Å². The molecule has 0 unspecified atom stereocenters. The van der Waals surface area contributed by atoms with Crippen molar-refractivity contribution >= 4 is 37.2 Å². The monoisotopic (exact) mass is 603 g/mol. The summed E-state index contributed by atoms with van der Waals surface area (Å²) in [6.07, 6.45) is -0.0382. The second-order valence-electron chi connectivity index (χ2n) is 10.4. The number of hydrogen-bond donors (Lipinski definition) is 1. The molecule has 3 aromatic carbocycles. The molecule has 1 atom stereocenters. The van der Waals surface area contributed by atoms with E-state index in [0.29, 0.717) is 31.2 Å². The fourth-order valence-electron chi connectivity index (χ4n) is 5.17. The molecule has 1 fully saturated rings. The molecule has 9 heteroatoms. The van der Waals surface area contributed by atoms with E-state index >= 15 is 0 Å². The first-order valence-corrected chi connectivity index (χ1v) is 16.4. The molecule has 1 saturated heterocycles. The van der Waals surface area contributed by atoms with E-state index in [9.17, 15) is 18.3 Å². The maximum Gasteiger partial charge on any atom is 0.304 e. The Morgan fingerprint density at radius 1 is 1.02 bits per heavy atom. The molecule has 7 nitrogen and oxygen atoms in total. The first kappa shape index (κ1) is 29.6. The van der Waals surface area contributed by atoms with Crippen molar-refractivity contribution in [2.45, 2.75) is 39.7 Å². The Kier molecular flexibility index (Phi) is 8.88. The topological polar surface area (TPSA) is 93.1 Å². The molecular formula is C33H33NO6S2. The first-order chi connectivity index (χ1) is 20.1. The molecule has 0 amide bonds. The van der Waals surface area contributed by atoms with Gasteiger partial charge in [0.2, 0.25) is 0 Å². The van der Waals surface area contributed by atoms with Gasteiger partial charge in [0.25, 0.3) is 0 Å². The number of nitrogens with zero attached hydrogens (tertiary/aromatic N) is 1. The highest BCUT2D eigenvalue weighted by Gasteiger charge is 2.23. The van der Waals surface area contributed by atoms with Gasteiger partial charge in [0.05, 0.1) is 23.8 Å². The van der Waals surface area contributed by atoms with Gasteiger partial charge in [-0.1, -0.05) is 30.2 Å². The van der Waals surface area contributed by atoms with Crippen LogP contribution in [0.5, 0.6) is 11.5 Å². The number of hydrogen-bond acceptors (Lipinski definition) is 7. The Morgan fingerprint density at radius 2 is 1.74 bits per heavy atom. The Bertz CT molecular complexity index is 1770. The number of thiophene rings is 1. The molecule has 1 aliphatic heterocycles. The van der Waals surface area contributed by atoms with E-state index in [0.717, 1.165) is 22.3 Å². The van der Waals surface area contributed by atoms with Crippen molar-refractivity contribution in [3.63, 3.8) is 0 Å². The average Bonchev–Trinajstić information content (AvgIpc) is 3.28. The fourth-order valence-corrected chi connectivity index (χ4v) is 7.39. The third-order valence-electron chi connectivity index (χ3n) is 7.32. The Labute approximate surface area is 250 Å². The summed E-state index contributed by atoms with van der Waals surface area (Å²) < 4.78 is 30.7. The van der Waals surface area contributed by atoms with Crippen LogP contribution in [0.25, 0.3) is 21.2 Å². The van der Waals surface area contributed by atoms with E-state index in [2.05, 4.69) is 50.0 Å². The molecule has 1 aromatic heterocycles. The minimum absolute atomic E-state index is 0.0382. The average molecular weight is 604 g/mol. The Morgan fingerprint density at radius 3 is 2.40 bits per heavy atom. The smallest absolute Gasteiger partial charge is 0.304 e. The molecule has 0 radical (unpaired) electrons. The second-order valence-corrected chi connectivity index (χ2v) is 14.0. The summed E-state index contributed by atoms with van der Waals surface area (Å²) in [5.74, 6) is 6.20. The number of fused-ring (bicyclic) bond motifs is 1. The molecule has 2 heterocycles. The van der Waals surface area contributed by atoms with Gasteiger partial charge >= 0.3 is 5.97 Å². The van der Waals surface area contributed by atoms with Crippen molar-refractivity contribution in [1.29, 1.82) is 0 Å². The molecule has 4 aromatic rings. The van der Waals surface area contributed by atoms with Crippen molar-refractivity contribution in [2.75, 3.05) is 24.6 Å². The number of carboxylic acids is 1. The number of ether oxygens (including phenoxy) is 1. The summed E-state index contributed by atoms with van der Waals surface area (Å²) >= 11 is 1.76. The van der Waals surface area contributed by atoms with Crippen LogP contribution in [0, 0.1) is 25.7 Å². The lowest BCUT2D eigenvalue weighted by Crippen LogP contribution is -2.42.